The minimum absolute atomic E-state index is 0.433. The number of methoxy groups -OCH3 is 1. The summed E-state index contributed by atoms with van der Waals surface area (Å²) in [7, 11) is 3.67. The van der Waals surface area contributed by atoms with Crippen molar-refractivity contribution in [3.05, 3.63) is 0 Å². The first-order chi connectivity index (χ1) is 12.3. The molecule has 1 aliphatic heterocycles. The van der Waals surface area contributed by atoms with Crippen LogP contribution < -0.4 is 10.6 Å². The molecule has 0 aromatic rings. The Morgan fingerprint density at radius 2 is 1.84 bits per heavy atom. The lowest BCUT2D eigenvalue weighted by atomic mass is 9.67. The van der Waals surface area contributed by atoms with Gasteiger partial charge in [0, 0.05) is 33.9 Å². The predicted molar refractivity (Wildman–Crippen MR) is 106 cm³/mol. The number of likely N-dealkylation sites (tertiary alicyclic amines) is 1. The molecule has 2 N–H and O–H groups in total. The Labute approximate surface area is 155 Å². The van der Waals surface area contributed by atoms with E-state index in [1.807, 2.05) is 7.05 Å². The quantitative estimate of drug-likeness (QED) is 0.341. The molecular formula is C20H40N4O. The van der Waals surface area contributed by atoms with Crippen LogP contribution in [0.15, 0.2) is 4.99 Å². The molecule has 5 nitrogen and oxygen atoms in total. The van der Waals surface area contributed by atoms with Crippen molar-refractivity contribution in [1.82, 2.24) is 15.5 Å². The fourth-order valence-corrected chi connectivity index (χ4v) is 4.03. The van der Waals surface area contributed by atoms with Crippen molar-refractivity contribution in [2.45, 2.75) is 64.2 Å². The maximum atomic E-state index is 5.28. The summed E-state index contributed by atoms with van der Waals surface area (Å²) in [6, 6.07) is 0. The van der Waals surface area contributed by atoms with E-state index in [1.165, 1.54) is 77.4 Å². The smallest absolute Gasteiger partial charge is 0.190 e. The number of unbranched alkanes of at least 4 members (excludes halogenated alkanes) is 2. The Hall–Kier alpha value is -0.810. The van der Waals surface area contributed by atoms with E-state index in [-0.39, 0.29) is 0 Å². The van der Waals surface area contributed by atoms with Crippen LogP contribution in [-0.2, 0) is 4.74 Å². The number of nitrogens with one attached hydrogen (secondary N) is 2. The van der Waals surface area contributed by atoms with Crippen LogP contribution in [0.25, 0.3) is 0 Å². The number of nitrogens with zero attached hydrogens (tertiary/aromatic N) is 2. The van der Waals surface area contributed by atoms with Crippen LogP contribution in [-0.4, -0.2) is 64.3 Å². The molecule has 1 saturated carbocycles. The van der Waals surface area contributed by atoms with Crippen molar-refractivity contribution in [2.75, 3.05) is 53.5 Å². The zero-order chi connectivity index (χ0) is 17.8. The van der Waals surface area contributed by atoms with Crippen LogP contribution in [0.5, 0.6) is 0 Å². The van der Waals surface area contributed by atoms with Crippen molar-refractivity contribution < 1.29 is 4.74 Å². The topological polar surface area (TPSA) is 48.9 Å². The number of aliphatic imine (C=N–C) groups is 1. The fourth-order valence-electron chi connectivity index (χ4n) is 4.03. The van der Waals surface area contributed by atoms with Crippen LogP contribution in [0.3, 0.4) is 0 Å². The van der Waals surface area contributed by atoms with Crippen LogP contribution in [0.1, 0.15) is 64.2 Å². The summed E-state index contributed by atoms with van der Waals surface area (Å²) >= 11 is 0. The monoisotopic (exact) mass is 352 g/mol. The molecule has 0 unspecified atom stereocenters. The van der Waals surface area contributed by atoms with Gasteiger partial charge >= 0.3 is 0 Å². The minimum atomic E-state index is 0.433. The standard InChI is InChI=1S/C20H40N4O/c1-21-19(23-18-20(10-9-11-20)12-17-25-2)22-13-5-3-6-14-24-15-7-4-8-16-24/h3-18H2,1-2H3,(H2,21,22,23). The van der Waals surface area contributed by atoms with Gasteiger partial charge in [-0.1, -0.05) is 19.3 Å². The average Bonchev–Trinajstić information content (AvgIpc) is 2.62. The Morgan fingerprint density at radius 1 is 1.04 bits per heavy atom. The normalized spacial score (nSPS) is 21.0. The maximum absolute atomic E-state index is 5.28. The van der Waals surface area contributed by atoms with Gasteiger partial charge in [0.25, 0.3) is 0 Å². The van der Waals surface area contributed by atoms with E-state index in [2.05, 4.69) is 20.5 Å². The highest BCUT2D eigenvalue weighted by molar-refractivity contribution is 5.79. The number of guanidine groups is 1. The summed E-state index contributed by atoms with van der Waals surface area (Å²) in [5.41, 5.74) is 0.433. The number of hydrogen-bond donors (Lipinski definition) is 2. The highest BCUT2D eigenvalue weighted by Crippen LogP contribution is 2.43. The average molecular weight is 353 g/mol. The molecule has 0 spiro atoms. The summed E-state index contributed by atoms with van der Waals surface area (Å²) in [6.45, 7) is 6.83. The maximum Gasteiger partial charge on any atom is 0.190 e. The molecule has 0 aromatic heterocycles. The van der Waals surface area contributed by atoms with E-state index in [0.717, 1.165) is 32.1 Å². The Balaban J connectivity index is 1.51. The molecular weight excluding hydrogens is 312 g/mol. The Morgan fingerprint density at radius 3 is 2.48 bits per heavy atom. The van der Waals surface area contributed by atoms with Crippen molar-refractivity contribution in [3.63, 3.8) is 0 Å². The van der Waals surface area contributed by atoms with E-state index >= 15 is 0 Å². The van der Waals surface area contributed by atoms with Gasteiger partial charge in [-0.3, -0.25) is 4.99 Å². The van der Waals surface area contributed by atoms with Crippen LogP contribution >= 0.6 is 0 Å². The first-order valence-electron chi connectivity index (χ1n) is 10.4. The summed E-state index contributed by atoms with van der Waals surface area (Å²) in [5.74, 6) is 0.958. The Kier molecular flexibility index (Phi) is 9.63. The molecule has 0 radical (unpaired) electrons. The molecule has 25 heavy (non-hydrogen) atoms. The molecule has 5 heteroatoms. The Bertz CT molecular complexity index is 376. The van der Waals surface area contributed by atoms with Gasteiger partial charge in [0.15, 0.2) is 5.96 Å². The van der Waals surface area contributed by atoms with Crippen LogP contribution in [0.2, 0.25) is 0 Å². The number of rotatable bonds is 11. The van der Waals surface area contributed by atoms with Gasteiger partial charge in [-0.05, 0) is 70.0 Å². The second kappa shape index (κ2) is 11.7. The van der Waals surface area contributed by atoms with Crippen molar-refractivity contribution >= 4 is 5.96 Å². The molecule has 0 bridgehead atoms. The third-order valence-electron chi connectivity index (χ3n) is 6.00. The lowest BCUT2D eigenvalue weighted by molar-refractivity contribution is 0.0732. The molecule has 2 rings (SSSR count). The minimum Gasteiger partial charge on any atom is -0.385 e. The van der Waals surface area contributed by atoms with Gasteiger partial charge in [0.05, 0.1) is 0 Å². The molecule has 0 amide bonds. The summed E-state index contributed by atoms with van der Waals surface area (Å²) in [4.78, 5) is 7.01. The van der Waals surface area contributed by atoms with Crippen molar-refractivity contribution in [1.29, 1.82) is 0 Å². The zero-order valence-corrected chi connectivity index (χ0v) is 16.6. The molecule has 1 saturated heterocycles. The van der Waals surface area contributed by atoms with Gasteiger partial charge in [-0.2, -0.15) is 0 Å². The predicted octanol–water partition coefficient (Wildman–Crippen LogP) is 3.01. The van der Waals surface area contributed by atoms with E-state index in [9.17, 15) is 0 Å². The zero-order valence-electron chi connectivity index (χ0n) is 16.6. The lowest BCUT2D eigenvalue weighted by Gasteiger charge is -2.42. The van der Waals surface area contributed by atoms with Crippen molar-refractivity contribution in [2.24, 2.45) is 10.4 Å². The number of piperidine rings is 1. The number of ether oxygens (including phenoxy) is 1. The molecule has 0 atom stereocenters. The second-order valence-electron chi connectivity index (χ2n) is 7.91. The largest absolute Gasteiger partial charge is 0.385 e. The van der Waals surface area contributed by atoms with Gasteiger partial charge in [-0.15, -0.1) is 0 Å². The van der Waals surface area contributed by atoms with Crippen molar-refractivity contribution in [3.8, 4) is 0 Å². The molecule has 146 valence electrons. The van der Waals surface area contributed by atoms with Gasteiger partial charge in [0.1, 0.15) is 0 Å². The lowest BCUT2D eigenvalue weighted by Crippen LogP contribution is -2.47. The first kappa shape index (κ1) is 20.5. The van der Waals surface area contributed by atoms with Gasteiger partial charge in [-0.25, -0.2) is 0 Å². The fraction of sp³-hybridized carbons (Fsp3) is 0.950. The highest BCUT2D eigenvalue weighted by atomic mass is 16.5. The SMILES string of the molecule is CN=C(NCCCCCN1CCCCC1)NCC1(CCOC)CCC1. The second-order valence-corrected chi connectivity index (χ2v) is 7.91. The van der Waals surface area contributed by atoms with E-state index in [0.29, 0.717) is 5.41 Å². The molecule has 2 fully saturated rings. The first-order valence-corrected chi connectivity index (χ1v) is 10.4. The van der Waals surface area contributed by atoms with E-state index in [1.54, 1.807) is 7.11 Å². The summed E-state index contributed by atoms with van der Waals surface area (Å²) < 4.78 is 5.28. The van der Waals surface area contributed by atoms with Crippen LogP contribution in [0.4, 0.5) is 0 Å². The molecule has 0 aromatic carbocycles. The molecule has 2 aliphatic rings. The summed E-state index contributed by atoms with van der Waals surface area (Å²) in [6.07, 6.45) is 13.2. The molecule has 1 aliphatic carbocycles. The van der Waals surface area contributed by atoms with E-state index < -0.39 is 0 Å². The van der Waals surface area contributed by atoms with Gasteiger partial charge < -0.3 is 20.3 Å². The van der Waals surface area contributed by atoms with E-state index in [4.69, 9.17) is 4.74 Å². The molecule has 1 heterocycles. The van der Waals surface area contributed by atoms with Gasteiger partial charge in [0.2, 0.25) is 0 Å². The van der Waals surface area contributed by atoms with Crippen LogP contribution in [0, 0.1) is 5.41 Å². The highest BCUT2D eigenvalue weighted by Gasteiger charge is 2.36. The number of hydrogen-bond acceptors (Lipinski definition) is 3. The summed E-state index contributed by atoms with van der Waals surface area (Å²) in [5, 5.41) is 7.02. The third-order valence-corrected chi connectivity index (χ3v) is 6.00. The third kappa shape index (κ3) is 7.53.